The van der Waals surface area contributed by atoms with Crippen LogP contribution in [0.1, 0.15) is 57.2 Å². The van der Waals surface area contributed by atoms with E-state index in [1.807, 2.05) is 0 Å². The zero-order chi connectivity index (χ0) is 31.9. The van der Waals surface area contributed by atoms with Crippen molar-refractivity contribution in [3.05, 3.63) is 97.9 Å². The number of allylic oxidation sites excluding steroid dienone is 2. The molecule has 12 heteroatoms. The van der Waals surface area contributed by atoms with Gasteiger partial charge in [0.15, 0.2) is 5.41 Å². The molecule has 0 aliphatic carbocycles. The number of nitro benzene ring substituents is 1. The molecule has 3 rings (SSSR count). The molecule has 0 saturated heterocycles. The number of ether oxygens (including phenoxy) is 4. The number of nitrogens with zero attached hydrogens (tertiary/aromatic N) is 1. The van der Waals surface area contributed by atoms with Crippen molar-refractivity contribution >= 4 is 29.6 Å². The molecule has 1 heterocycles. The van der Waals surface area contributed by atoms with Crippen molar-refractivity contribution in [3.63, 3.8) is 0 Å². The number of nitro groups is 1. The summed E-state index contributed by atoms with van der Waals surface area (Å²) < 4.78 is 20.9. The highest BCUT2D eigenvalue weighted by Gasteiger charge is 2.46. The van der Waals surface area contributed by atoms with Crippen molar-refractivity contribution in [2.75, 3.05) is 20.3 Å². The molecule has 1 N–H and O–H groups in total. The maximum Gasteiger partial charge on any atom is 0.337 e. The van der Waals surface area contributed by atoms with Gasteiger partial charge in [-0.15, -0.1) is 0 Å². The molecule has 228 valence electrons. The maximum absolute atomic E-state index is 13.5. The van der Waals surface area contributed by atoms with Crippen molar-refractivity contribution in [2.24, 2.45) is 0 Å². The number of carbonyl (C=O) groups excluding carboxylic acids is 4. The first-order valence-electron chi connectivity index (χ1n) is 13.5. The molecule has 0 radical (unpaired) electrons. The molecule has 0 spiro atoms. The summed E-state index contributed by atoms with van der Waals surface area (Å²) in [6, 6.07) is 12.0. The first-order chi connectivity index (χ1) is 20.4. The van der Waals surface area contributed by atoms with Gasteiger partial charge in [0.25, 0.3) is 5.69 Å². The van der Waals surface area contributed by atoms with E-state index < -0.39 is 40.1 Å². The number of esters is 4. The van der Waals surface area contributed by atoms with Gasteiger partial charge in [-0.2, -0.15) is 0 Å². The van der Waals surface area contributed by atoms with Gasteiger partial charge >= 0.3 is 23.9 Å². The molecule has 1 aliphatic rings. The van der Waals surface area contributed by atoms with Crippen molar-refractivity contribution in [2.45, 2.75) is 52.6 Å². The fourth-order valence-electron chi connectivity index (χ4n) is 4.83. The van der Waals surface area contributed by atoms with Crippen molar-refractivity contribution < 1.29 is 43.0 Å². The van der Waals surface area contributed by atoms with Crippen LogP contribution in [0.3, 0.4) is 0 Å². The zero-order valence-corrected chi connectivity index (χ0v) is 24.8. The highest BCUT2D eigenvalue weighted by Crippen LogP contribution is 2.40. The molecule has 0 bridgehead atoms. The first-order valence-corrected chi connectivity index (χ1v) is 13.5. The Morgan fingerprint density at radius 1 is 0.884 bits per heavy atom. The lowest BCUT2D eigenvalue weighted by Crippen LogP contribution is -2.43. The largest absolute Gasteiger partial charge is 0.466 e. The van der Waals surface area contributed by atoms with Crippen LogP contribution < -0.4 is 5.32 Å². The number of non-ortho nitro benzene ring substituents is 1. The van der Waals surface area contributed by atoms with Crippen molar-refractivity contribution in [1.82, 2.24) is 5.32 Å². The summed E-state index contributed by atoms with van der Waals surface area (Å²) in [5, 5.41) is 14.5. The maximum atomic E-state index is 13.5. The summed E-state index contributed by atoms with van der Waals surface area (Å²) in [5.41, 5.74) is 0.342. The van der Waals surface area contributed by atoms with Gasteiger partial charge < -0.3 is 24.3 Å². The Kier molecular flexibility index (Phi) is 10.4. The molecule has 0 fully saturated rings. The SMILES string of the molecule is CCOC(=O)C(C)(C(=O)OCC)c1ccc(COC(=O)C2=C(C)NC(C)=C(C(=O)OC)C2c2cccc([N+](=O)[O-])c2)cc1. The Balaban J connectivity index is 1.92. The van der Waals surface area contributed by atoms with Crippen LogP contribution in [0.25, 0.3) is 0 Å². The quantitative estimate of drug-likeness (QED) is 0.131. The lowest BCUT2D eigenvalue weighted by molar-refractivity contribution is -0.384. The number of hydrogen-bond donors (Lipinski definition) is 1. The van der Waals surface area contributed by atoms with E-state index in [9.17, 15) is 29.3 Å². The number of carbonyl (C=O) groups is 4. The van der Waals surface area contributed by atoms with Crippen LogP contribution in [-0.4, -0.2) is 49.1 Å². The third-order valence-electron chi connectivity index (χ3n) is 7.07. The Bertz CT molecular complexity index is 1470. The number of nitrogens with one attached hydrogen (secondary N) is 1. The van der Waals surface area contributed by atoms with E-state index in [4.69, 9.17) is 18.9 Å². The highest BCUT2D eigenvalue weighted by molar-refractivity contribution is 6.06. The molecule has 1 atom stereocenters. The average Bonchev–Trinajstić information content (AvgIpc) is 2.99. The Morgan fingerprint density at radius 3 is 1.95 bits per heavy atom. The van der Waals surface area contributed by atoms with Crippen molar-refractivity contribution in [1.29, 1.82) is 0 Å². The van der Waals surface area contributed by atoms with Crippen LogP contribution in [0.15, 0.2) is 71.1 Å². The van der Waals surface area contributed by atoms with Gasteiger partial charge in [0.1, 0.15) is 6.61 Å². The molecular formula is C31H34N2O10. The summed E-state index contributed by atoms with van der Waals surface area (Å²) in [5.74, 6) is -3.98. The van der Waals surface area contributed by atoms with Gasteiger partial charge in [-0.1, -0.05) is 36.4 Å². The lowest BCUT2D eigenvalue weighted by atomic mass is 9.80. The fraction of sp³-hybridized carbons (Fsp3) is 0.355. The van der Waals surface area contributed by atoms with E-state index in [-0.39, 0.29) is 36.7 Å². The predicted octanol–water partition coefficient (Wildman–Crippen LogP) is 4.13. The van der Waals surface area contributed by atoms with E-state index >= 15 is 0 Å². The van der Waals surface area contributed by atoms with Crippen LogP contribution in [-0.2, 0) is 50.1 Å². The van der Waals surface area contributed by atoms with Crippen molar-refractivity contribution in [3.8, 4) is 0 Å². The Morgan fingerprint density at radius 2 is 1.44 bits per heavy atom. The van der Waals surface area contributed by atoms with Crippen LogP contribution in [0.2, 0.25) is 0 Å². The number of methoxy groups -OCH3 is 1. The minimum atomic E-state index is -1.70. The van der Waals surface area contributed by atoms with Gasteiger partial charge in [-0.3, -0.25) is 19.7 Å². The summed E-state index contributed by atoms with van der Waals surface area (Å²) in [6.07, 6.45) is 0. The Hall–Kier alpha value is -5.00. The number of benzene rings is 2. The molecule has 0 saturated carbocycles. The van der Waals surface area contributed by atoms with Crippen LogP contribution in [0, 0.1) is 10.1 Å². The minimum absolute atomic E-state index is 0.0791. The van der Waals surface area contributed by atoms with E-state index in [0.717, 1.165) is 0 Å². The zero-order valence-electron chi connectivity index (χ0n) is 24.8. The number of dihydropyridines is 1. The summed E-state index contributed by atoms with van der Waals surface area (Å²) in [4.78, 5) is 62.8. The second-order valence-corrected chi connectivity index (χ2v) is 9.82. The molecule has 2 aromatic carbocycles. The average molecular weight is 595 g/mol. The normalized spacial score (nSPS) is 14.9. The van der Waals surface area contributed by atoms with Crippen LogP contribution >= 0.6 is 0 Å². The van der Waals surface area contributed by atoms with Gasteiger partial charge in [-0.05, 0) is 51.3 Å². The fourth-order valence-corrected chi connectivity index (χ4v) is 4.83. The number of hydrogen-bond acceptors (Lipinski definition) is 11. The van der Waals surface area contributed by atoms with Gasteiger partial charge in [0.05, 0.1) is 42.3 Å². The highest BCUT2D eigenvalue weighted by atomic mass is 16.6. The molecule has 0 aromatic heterocycles. The lowest BCUT2D eigenvalue weighted by Gasteiger charge is -2.30. The summed E-state index contributed by atoms with van der Waals surface area (Å²) >= 11 is 0. The van der Waals surface area contributed by atoms with E-state index in [2.05, 4.69) is 5.32 Å². The third kappa shape index (κ3) is 6.74. The second kappa shape index (κ2) is 13.8. The summed E-state index contributed by atoms with van der Waals surface area (Å²) in [6.45, 7) is 7.94. The second-order valence-electron chi connectivity index (χ2n) is 9.82. The molecule has 12 nitrogen and oxygen atoms in total. The molecular weight excluding hydrogens is 560 g/mol. The van der Waals surface area contributed by atoms with E-state index in [0.29, 0.717) is 28.1 Å². The van der Waals surface area contributed by atoms with Gasteiger partial charge in [0.2, 0.25) is 0 Å². The molecule has 1 unspecified atom stereocenters. The van der Waals surface area contributed by atoms with Gasteiger partial charge in [-0.25, -0.2) is 9.59 Å². The predicted molar refractivity (Wildman–Crippen MR) is 153 cm³/mol. The monoisotopic (exact) mass is 594 g/mol. The molecule has 1 aliphatic heterocycles. The molecule has 43 heavy (non-hydrogen) atoms. The standard InChI is InChI=1S/C31H34N2O10/c1-7-41-29(36)31(5,30(37)42-8-2)22-14-12-20(13-15-22)17-43-28(35)25-19(4)32-18(3)24(27(34)40-6)26(25)21-10-9-11-23(16-21)33(38)39/h9-16,26,32H,7-8,17H2,1-6H3. The third-order valence-corrected chi connectivity index (χ3v) is 7.07. The topological polar surface area (TPSA) is 160 Å². The molecule has 0 amide bonds. The van der Waals surface area contributed by atoms with Crippen LogP contribution in [0.5, 0.6) is 0 Å². The smallest absolute Gasteiger partial charge is 0.337 e. The first kappa shape index (κ1) is 32.5. The molecule has 2 aromatic rings. The van der Waals surface area contributed by atoms with Gasteiger partial charge in [0, 0.05) is 23.5 Å². The van der Waals surface area contributed by atoms with E-state index in [1.54, 1.807) is 58.0 Å². The summed E-state index contributed by atoms with van der Waals surface area (Å²) in [7, 11) is 1.20. The number of rotatable bonds is 11. The minimum Gasteiger partial charge on any atom is -0.466 e. The Labute approximate surface area is 248 Å². The van der Waals surface area contributed by atoms with Crippen LogP contribution in [0.4, 0.5) is 5.69 Å². The van der Waals surface area contributed by atoms with E-state index in [1.165, 1.54) is 32.2 Å².